The second-order valence-electron chi connectivity index (χ2n) is 13.2. The molecule has 0 radical (unpaired) electrons. The first-order valence-corrected chi connectivity index (χ1v) is 15.4. The van der Waals surface area contributed by atoms with Crippen molar-refractivity contribution in [3.8, 4) is 0 Å². The van der Waals surface area contributed by atoms with Crippen LogP contribution in [0.2, 0.25) is 0 Å². The molecular weight excluding hydrogens is 520 g/mol. The molecule has 5 rings (SSSR count). The molecule has 0 aromatic heterocycles. The fraction of sp³-hybridized carbons (Fsp3) is 0.676. The van der Waals surface area contributed by atoms with Crippen LogP contribution in [-0.2, 0) is 23.7 Å². The van der Waals surface area contributed by atoms with Gasteiger partial charge in [-0.1, -0.05) is 55.9 Å². The first-order chi connectivity index (χ1) is 19.5. The molecule has 0 saturated carbocycles. The molecule has 2 bridgehead atoms. The zero-order valence-corrected chi connectivity index (χ0v) is 25.5. The van der Waals surface area contributed by atoms with Crippen molar-refractivity contribution in [3.63, 3.8) is 0 Å². The van der Waals surface area contributed by atoms with Gasteiger partial charge in [0.15, 0.2) is 5.79 Å². The summed E-state index contributed by atoms with van der Waals surface area (Å²) in [7, 11) is 0. The van der Waals surface area contributed by atoms with Crippen LogP contribution in [0, 0.1) is 17.8 Å². The third-order valence-corrected chi connectivity index (χ3v) is 9.86. The molecule has 7 nitrogen and oxygen atoms in total. The smallest absolute Gasteiger partial charge is 0.316 e. The number of allylic oxidation sites excluding steroid dienone is 5. The number of carbonyl (C=O) groups is 1. The molecule has 3 saturated heterocycles. The maximum atomic E-state index is 14.0. The van der Waals surface area contributed by atoms with Crippen molar-refractivity contribution in [2.24, 2.45) is 17.8 Å². The highest BCUT2D eigenvalue weighted by Gasteiger charge is 2.60. The van der Waals surface area contributed by atoms with Gasteiger partial charge in [-0.15, -0.1) is 0 Å². The average molecular weight is 569 g/mol. The molecule has 5 aliphatic rings. The SMILES string of the molecule is C/C=C(\C)[C@H]1O[C@]2(CC[C@@H]1C)C[C@H]1C[C@@H](C/C=C(\C)C[C@@H](C)/C=C/C=C3\CO[C@@H]4[C@H](O)C(C)=C[C@@H](C(=O)O1)[C@]34O)O2. The quantitative estimate of drug-likeness (QED) is 0.320. The van der Waals surface area contributed by atoms with E-state index >= 15 is 0 Å². The lowest BCUT2D eigenvalue weighted by molar-refractivity contribution is -0.329. The predicted molar refractivity (Wildman–Crippen MR) is 157 cm³/mol. The largest absolute Gasteiger partial charge is 0.462 e. The summed E-state index contributed by atoms with van der Waals surface area (Å²) >= 11 is 0. The van der Waals surface area contributed by atoms with Gasteiger partial charge in [0.2, 0.25) is 0 Å². The normalized spacial score (nSPS) is 47.4. The molecule has 1 spiro atoms. The third-order valence-electron chi connectivity index (χ3n) is 9.86. The maximum Gasteiger partial charge on any atom is 0.316 e. The van der Waals surface area contributed by atoms with Crippen LogP contribution in [0.3, 0.4) is 0 Å². The zero-order chi connectivity index (χ0) is 29.5. The Labute approximate surface area is 245 Å². The zero-order valence-electron chi connectivity index (χ0n) is 25.5. The molecule has 0 aromatic carbocycles. The standard InChI is InChI=1S/C34H48O7/c1-7-22(4)30-23(5)13-14-33(41-30)18-27-17-26(40-33)12-11-21(3)15-20(2)9-8-10-25-19-38-31-29(35)24(6)16-28(32(36)39-27)34(25,31)37/h7-11,16,20,23,26-31,35,37H,12-15,17-19H2,1-6H3/b9-8+,21-11+,22-7+,25-10+/t20-,23-,26+,27+,28-,29+,30+,31+,33+,34+/m0/s1. The van der Waals surface area contributed by atoms with Gasteiger partial charge in [0.1, 0.15) is 29.8 Å². The minimum Gasteiger partial charge on any atom is -0.462 e. The van der Waals surface area contributed by atoms with Gasteiger partial charge < -0.3 is 29.2 Å². The van der Waals surface area contributed by atoms with Gasteiger partial charge in [-0.05, 0) is 75.5 Å². The summed E-state index contributed by atoms with van der Waals surface area (Å²) in [6, 6.07) is 0. The van der Waals surface area contributed by atoms with Crippen LogP contribution in [0.4, 0.5) is 0 Å². The fourth-order valence-electron chi connectivity index (χ4n) is 7.37. The summed E-state index contributed by atoms with van der Waals surface area (Å²) in [5.41, 5.74) is 1.93. The van der Waals surface area contributed by atoms with Crippen LogP contribution in [-0.4, -0.2) is 64.7 Å². The molecule has 0 amide bonds. The van der Waals surface area contributed by atoms with Gasteiger partial charge in [-0.25, -0.2) is 0 Å². The Balaban J connectivity index is 1.51. The number of fused-ring (bicyclic) bond motifs is 2. The molecule has 41 heavy (non-hydrogen) atoms. The lowest BCUT2D eigenvalue weighted by Gasteiger charge is -2.50. The van der Waals surface area contributed by atoms with Gasteiger partial charge >= 0.3 is 5.97 Å². The van der Waals surface area contributed by atoms with Crippen molar-refractivity contribution in [1.82, 2.24) is 0 Å². The molecule has 7 heteroatoms. The molecular formula is C34H48O7. The Morgan fingerprint density at radius 1 is 1.17 bits per heavy atom. The minimum atomic E-state index is -1.69. The molecule has 1 aliphatic carbocycles. The van der Waals surface area contributed by atoms with Crippen molar-refractivity contribution in [2.45, 2.75) is 122 Å². The predicted octanol–water partition coefficient (Wildman–Crippen LogP) is 5.48. The summed E-state index contributed by atoms with van der Waals surface area (Å²) in [5.74, 6) is -1.70. The Kier molecular flexibility index (Phi) is 8.85. The summed E-state index contributed by atoms with van der Waals surface area (Å²) < 4.78 is 25.7. The van der Waals surface area contributed by atoms with Gasteiger partial charge in [0, 0.05) is 19.3 Å². The second kappa shape index (κ2) is 11.9. The highest BCUT2D eigenvalue weighted by molar-refractivity contribution is 5.78. The number of rotatable bonds is 1. The number of aliphatic hydroxyl groups excluding tert-OH is 1. The van der Waals surface area contributed by atoms with E-state index in [1.54, 1.807) is 13.0 Å². The van der Waals surface area contributed by atoms with Crippen molar-refractivity contribution in [2.75, 3.05) is 6.61 Å². The maximum absolute atomic E-state index is 14.0. The van der Waals surface area contributed by atoms with E-state index in [4.69, 9.17) is 18.9 Å². The number of carbonyl (C=O) groups excluding carboxylic acids is 1. The summed E-state index contributed by atoms with van der Waals surface area (Å²) in [6.45, 7) is 12.6. The van der Waals surface area contributed by atoms with Crippen LogP contribution in [0.15, 0.2) is 58.7 Å². The van der Waals surface area contributed by atoms with E-state index in [-0.39, 0.29) is 24.7 Å². The molecule has 2 N–H and O–H groups in total. The molecule has 4 heterocycles. The molecule has 0 aromatic rings. The number of hydrogen-bond acceptors (Lipinski definition) is 7. The van der Waals surface area contributed by atoms with Crippen LogP contribution >= 0.6 is 0 Å². The topological polar surface area (TPSA) is 94.5 Å². The Bertz CT molecular complexity index is 1160. The van der Waals surface area contributed by atoms with Gasteiger partial charge in [0.05, 0.1) is 18.8 Å². The third kappa shape index (κ3) is 5.94. The number of ether oxygens (including phenoxy) is 4. The van der Waals surface area contributed by atoms with Gasteiger partial charge in [0.25, 0.3) is 0 Å². The van der Waals surface area contributed by atoms with Crippen molar-refractivity contribution < 1.29 is 34.0 Å². The van der Waals surface area contributed by atoms with Crippen LogP contribution in [0.5, 0.6) is 0 Å². The van der Waals surface area contributed by atoms with E-state index in [2.05, 4.69) is 45.9 Å². The van der Waals surface area contributed by atoms with E-state index < -0.39 is 41.6 Å². The Morgan fingerprint density at radius 2 is 1.95 bits per heavy atom. The lowest BCUT2D eigenvalue weighted by atomic mass is 9.71. The minimum absolute atomic E-state index is 0.0538. The Morgan fingerprint density at radius 3 is 2.71 bits per heavy atom. The van der Waals surface area contributed by atoms with Crippen molar-refractivity contribution in [3.05, 3.63) is 58.7 Å². The van der Waals surface area contributed by atoms with E-state index in [1.165, 1.54) is 11.1 Å². The van der Waals surface area contributed by atoms with Gasteiger partial charge in [-0.2, -0.15) is 0 Å². The number of hydrogen-bond donors (Lipinski definition) is 2. The van der Waals surface area contributed by atoms with Crippen molar-refractivity contribution >= 4 is 5.97 Å². The van der Waals surface area contributed by atoms with E-state index in [9.17, 15) is 15.0 Å². The highest BCUT2D eigenvalue weighted by atomic mass is 16.7. The molecule has 4 aliphatic heterocycles. The van der Waals surface area contributed by atoms with Crippen molar-refractivity contribution in [1.29, 1.82) is 0 Å². The molecule has 10 atom stereocenters. The molecule has 0 unspecified atom stereocenters. The van der Waals surface area contributed by atoms with Crippen LogP contribution < -0.4 is 0 Å². The lowest BCUT2D eigenvalue weighted by Crippen LogP contribution is -2.58. The highest BCUT2D eigenvalue weighted by Crippen LogP contribution is 2.47. The first kappa shape index (κ1) is 30.4. The fourth-order valence-corrected chi connectivity index (χ4v) is 7.37. The average Bonchev–Trinajstić information content (AvgIpc) is 3.27. The Hall–Kier alpha value is -2.03. The summed E-state index contributed by atoms with van der Waals surface area (Å²) in [5, 5.41) is 23.0. The van der Waals surface area contributed by atoms with Crippen LogP contribution in [0.25, 0.3) is 0 Å². The summed E-state index contributed by atoms with van der Waals surface area (Å²) in [4.78, 5) is 14.0. The first-order valence-electron chi connectivity index (χ1n) is 15.4. The second-order valence-corrected chi connectivity index (χ2v) is 13.2. The number of esters is 1. The molecule has 3 fully saturated rings. The van der Waals surface area contributed by atoms with E-state index in [1.807, 2.05) is 19.1 Å². The monoisotopic (exact) mass is 568 g/mol. The van der Waals surface area contributed by atoms with Crippen LogP contribution in [0.1, 0.15) is 80.1 Å². The van der Waals surface area contributed by atoms with E-state index in [0.717, 1.165) is 19.3 Å². The van der Waals surface area contributed by atoms with E-state index in [0.29, 0.717) is 36.3 Å². The summed E-state index contributed by atoms with van der Waals surface area (Å²) in [6.07, 6.45) is 13.6. The van der Waals surface area contributed by atoms with Gasteiger partial charge in [-0.3, -0.25) is 4.79 Å². The molecule has 226 valence electrons. The number of aliphatic hydroxyl groups is 2.